The molecule has 0 bridgehead atoms. The van der Waals surface area contributed by atoms with Gasteiger partial charge in [0, 0.05) is 0 Å². The molecule has 0 amide bonds. The number of hydrogen-bond donors (Lipinski definition) is 1. The average molecular weight is 204 g/mol. The summed E-state index contributed by atoms with van der Waals surface area (Å²) < 4.78 is 0. The van der Waals surface area contributed by atoms with Crippen LogP contribution in [-0.4, -0.2) is 5.11 Å². The van der Waals surface area contributed by atoms with Crippen molar-refractivity contribution in [3.05, 3.63) is 41.0 Å². The summed E-state index contributed by atoms with van der Waals surface area (Å²) in [6, 6.07) is 5.90. The molecule has 1 heteroatoms. The second-order valence-corrected chi connectivity index (χ2v) is 4.31. The molecule has 1 N–H and O–H groups in total. The quantitative estimate of drug-likeness (QED) is 0.580. The average Bonchev–Trinajstić information content (AvgIpc) is 2.14. The third-order valence-electron chi connectivity index (χ3n) is 2.44. The van der Waals surface area contributed by atoms with Gasteiger partial charge in [0.05, 0.1) is 0 Å². The molecule has 0 unspecified atom stereocenters. The molecule has 0 aliphatic rings. The molecule has 0 atom stereocenters. The fourth-order valence-electron chi connectivity index (χ4n) is 1.57. The van der Waals surface area contributed by atoms with E-state index < -0.39 is 0 Å². The van der Waals surface area contributed by atoms with Crippen molar-refractivity contribution in [1.29, 1.82) is 0 Å². The Hall–Kier alpha value is -1.24. The highest BCUT2D eigenvalue weighted by molar-refractivity contribution is 5.35. The van der Waals surface area contributed by atoms with Crippen LogP contribution in [0.2, 0.25) is 0 Å². The number of phenols is 1. The van der Waals surface area contributed by atoms with E-state index in [2.05, 4.69) is 26.0 Å². The Balaban J connectivity index is 2.47. The lowest BCUT2D eigenvalue weighted by Gasteiger charge is -2.04. The van der Waals surface area contributed by atoms with Gasteiger partial charge in [0.25, 0.3) is 0 Å². The van der Waals surface area contributed by atoms with Gasteiger partial charge in [-0.05, 0) is 57.2 Å². The summed E-state index contributed by atoms with van der Waals surface area (Å²) in [7, 11) is 0. The van der Waals surface area contributed by atoms with Crippen molar-refractivity contribution in [3.63, 3.8) is 0 Å². The van der Waals surface area contributed by atoms with Gasteiger partial charge in [-0.2, -0.15) is 0 Å². The molecule has 0 saturated carbocycles. The summed E-state index contributed by atoms with van der Waals surface area (Å²) >= 11 is 0. The van der Waals surface area contributed by atoms with Crippen molar-refractivity contribution in [2.24, 2.45) is 0 Å². The first kappa shape index (κ1) is 11.8. The second-order valence-electron chi connectivity index (χ2n) is 4.31. The minimum atomic E-state index is 0.437. The Bertz CT molecular complexity index is 346. The fourth-order valence-corrected chi connectivity index (χ4v) is 1.57. The van der Waals surface area contributed by atoms with Crippen molar-refractivity contribution in [2.45, 2.75) is 40.0 Å². The fraction of sp³-hybridized carbons (Fsp3) is 0.429. The summed E-state index contributed by atoms with van der Waals surface area (Å²) in [4.78, 5) is 0. The summed E-state index contributed by atoms with van der Waals surface area (Å²) in [6.45, 7) is 6.22. The Morgan fingerprint density at radius 1 is 1.33 bits per heavy atom. The van der Waals surface area contributed by atoms with E-state index in [0.29, 0.717) is 5.75 Å². The molecule has 0 heterocycles. The van der Waals surface area contributed by atoms with Crippen LogP contribution in [0.1, 0.15) is 37.8 Å². The van der Waals surface area contributed by atoms with Gasteiger partial charge in [-0.25, -0.2) is 0 Å². The zero-order valence-corrected chi connectivity index (χ0v) is 9.88. The lowest BCUT2D eigenvalue weighted by Crippen LogP contribution is -1.86. The van der Waals surface area contributed by atoms with E-state index in [9.17, 15) is 5.11 Å². The van der Waals surface area contributed by atoms with Crippen molar-refractivity contribution in [3.8, 4) is 5.75 Å². The van der Waals surface area contributed by atoms with Crippen molar-refractivity contribution < 1.29 is 5.11 Å². The van der Waals surface area contributed by atoms with Gasteiger partial charge in [-0.1, -0.05) is 23.8 Å². The minimum Gasteiger partial charge on any atom is -0.508 e. The van der Waals surface area contributed by atoms with Crippen LogP contribution >= 0.6 is 0 Å². The molecule has 0 radical (unpaired) electrons. The molecule has 15 heavy (non-hydrogen) atoms. The Morgan fingerprint density at radius 3 is 2.67 bits per heavy atom. The molecule has 0 aliphatic carbocycles. The normalized spacial score (nSPS) is 10.1. The van der Waals surface area contributed by atoms with Crippen LogP contribution in [0.15, 0.2) is 29.8 Å². The first-order valence-electron chi connectivity index (χ1n) is 5.51. The predicted molar refractivity (Wildman–Crippen MR) is 65.2 cm³/mol. The van der Waals surface area contributed by atoms with Crippen molar-refractivity contribution in [1.82, 2.24) is 0 Å². The number of aromatic hydroxyl groups is 1. The van der Waals surface area contributed by atoms with Crippen LogP contribution in [0, 0.1) is 6.92 Å². The van der Waals surface area contributed by atoms with E-state index >= 15 is 0 Å². The molecule has 0 fully saturated rings. The van der Waals surface area contributed by atoms with Crippen LogP contribution in [0.5, 0.6) is 5.75 Å². The highest BCUT2D eigenvalue weighted by Crippen LogP contribution is 2.20. The lowest BCUT2D eigenvalue weighted by atomic mass is 10.0. The topological polar surface area (TPSA) is 20.2 Å². The minimum absolute atomic E-state index is 0.437. The van der Waals surface area contributed by atoms with Gasteiger partial charge < -0.3 is 5.11 Å². The lowest BCUT2D eigenvalue weighted by molar-refractivity contribution is 0.466. The zero-order chi connectivity index (χ0) is 11.3. The molecule has 0 saturated heterocycles. The van der Waals surface area contributed by atoms with Crippen LogP contribution in [-0.2, 0) is 6.42 Å². The molecular formula is C14H20O. The highest BCUT2D eigenvalue weighted by atomic mass is 16.3. The van der Waals surface area contributed by atoms with Gasteiger partial charge in [-0.15, -0.1) is 0 Å². The van der Waals surface area contributed by atoms with E-state index in [0.717, 1.165) is 30.4 Å². The third-order valence-corrected chi connectivity index (χ3v) is 2.44. The van der Waals surface area contributed by atoms with Crippen LogP contribution < -0.4 is 0 Å². The maximum Gasteiger partial charge on any atom is 0.119 e. The maximum atomic E-state index is 9.68. The Morgan fingerprint density at radius 2 is 2.07 bits per heavy atom. The van der Waals surface area contributed by atoms with Crippen LogP contribution in [0.4, 0.5) is 0 Å². The van der Waals surface area contributed by atoms with E-state index in [1.54, 1.807) is 0 Å². The summed E-state index contributed by atoms with van der Waals surface area (Å²) in [5.74, 6) is 0.437. The monoisotopic (exact) mass is 204 g/mol. The SMILES string of the molecule is CC(C)=CCCCc1ccc(C)cc1O. The van der Waals surface area contributed by atoms with Gasteiger partial charge in [0.2, 0.25) is 0 Å². The molecule has 1 aromatic rings. The molecule has 82 valence electrons. The van der Waals surface area contributed by atoms with Gasteiger partial charge in [0.1, 0.15) is 5.75 Å². The standard InChI is InChI=1S/C14H20O/c1-11(2)6-4-5-7-13-9-8-12(3)10-14(13)15/h6,8-10,15H,4-5,7H2,1-3H3. The van der Waals surface area contributed by atoms with E-state index in [1.807, 2.05) is 19.1 Å². The summed E-state index contributed by atoms with van der Waals surface area (Å²) in [6.07, 6.45) is 5.39. The summed E-state index contributed by atoms with van der Waals surface area (Å²) in [5.41, 5.74) is 3.53. The van der Waals surface area contributed by atoms with Crippen molar-refractivity contribution in [2.75, 3.05) is 0 Å². The number of hydrogen-bond acceptors (Lipinski definition) is 1. The highest BCUT2D eigenvalue weighted by Gasteiger charge is 1.99. The first-order chi connectivity index (χ1) is 7.09. The molecule has 1 nitrogen and oxygen atoms in total. The van der Waals surface area contributed by atoms with E-state index in [-0.39, 0.29) is 0 Å². The largest absolute Gasteiger partial charge is 0.508 e. The summed E-state index contributed by atoms with van der Waals surface area (Å²) in [5, 5.41) is 9.68. The van der Waals surface area contributed by atoms with Gasteiger partial charge in [0.15, 0.2) is 0 Å². The smallest absolute Gasteiger partial charge is 0.119 e. The zero-order valence-electron chi connectivity index (χ0n) is 9.88. The van der Waals surface area contributed by atoms with Crippen molar-refractivity contribution >= 4 is 0 Å². The first-order valence-corrected chi connectivity index (χ1v) is 5.51. The Labute approximate surface area is 92.5 Å². The molecule has 0 aromatic heterocycles. The Kier molecular flexibility index (Phi) is 4.41. The second kappa shape index (κ2) is 5.59. The number of aryl methyl sites for hydroxylation is 2. The number of unbranched alkanes of at least 4 members (excludes halogenated alkanes) is 1. The van der Waals surface area contributed by atoms with E-state index in [4.69, 9.17) is 0 Å². The predicted octanol–water partition coefficient (Wildman–Crippen LogP) is 3.99. The molecule has 1 aromatic carbocycles. The molecular weight excluding hydrogens is 184 g/mol. The number of benzene rings is 1. The third kappa shape index (κ3) is 4.20. The molecule has 0 spiro atoms. The number of allylic oxidation sites excluding steroid dienone is 2. The van der Waals surface area contributed by atoms with Crippen LogP contribution in [0.25, 0.3) is 0 Å². The van der Waals surface area contributed by atoms with E-state index in [1.165, 1.54) is 5.57 Å². The van der Waals surface area contributed by atoms with Gasteiger partial charge in [-0.3, -0.25) is 0 Å². The number of rotatable bonds is 4. The molecule has 0 aliphatic heterocycles. The molecule has 1 rings (SSSR count). The number of phenolic OH excluding ortho intramolecular Hbond substituents is 1. The maximum absolute atomic E-state index is 9.68. The van der Waals surface area contributed by atoms with Crippen LogP contribution in [0.3, 0.4) is 0 Å². The van der Waals surface area contributed by atoms with Gasteiger partial charge >= 0.3 is 0 Å².